The van der Waals surface area contributed by atoms with E-state index in [1.54, 1.807) is 25.3 Å². The lowest BCUT2D eigenvalue weighted by Gasteiger charge is -2.25. The van der Waals surface area contributed by atoms with Crippen LogP contribution in [0.25, 0.3) is 0 Å². The van der Waals surface area contributed by atoms with Gasteiger partial charge in [-0.2, -0.15) is 0 Å². The molecule has 0 aromatic heterocycles. The van der Waals surface area contributed by atoms with Crippen LogP contribution in [0, 0.1) is 0 Å². The average molecular weight is 181 g/mol. The van der Waals surface area contributed by atoms with Crippen LogP contribution >= 0.6 is 0 Å². The van der Waals surface area contributed by atoms with Crippen LogP contribution in [0.5, 0.6) is 0 Å². The second-order valence-corrected chi connectivity index (χ2v) is 4.29. The van der Waals surface area contributed by atoms with Gasteiger partial charge in [0.2, 0.25) is 0 Å². The molecule has 0 aliphatic carbocycles. The summed E-state index contributed by atoms with van der Waals surface area (Å²) in [5.74, 6) is -0.301. The first-order chi connectivity index (χ1) is 5.83. The largest absolute Gasteiger partial charge is 0.458 e. The molecule has 0 aromatic rings. The summed E-state index contributed by atoms with van der Waals surface area (Å²) in [5, 5.41) is 0. The number of carbonyl (C=O) groups excluding carboxylic acids is 1. The number of esters is 1. The molecule has 0 amide bonds. The van der Waals surface area contributed by atoms with Crippen molar-refractivity contribution in [1.82, 2.24) is 0 Å². The van der Waals surface area contributed by atoms with Crippen LogP contribution < -0.4 is 0 Å². The molecule has 0 saturated carbocycles. The van der Waals surface area contributed by atoms with E-state index in [-0.39, 0.29) is 5.97 Å². The first kappa shape index (κ1) is 9.96. The summed E-state index contributed by atoms with van der Waals surface area (Å²) >= 11 is 0. The van der Waals surface area contributed by atoms with Crippen molar-refractivity contribution in [2.45, 2.75) is 38.8 Å². The van der Waals surface area contributed by atoms with Gasteiger partial charge < -0.3 is 4.74 Å². The topological polar surface area (TPSA) is 38.7 Å². The van der Waals surface area contributed by atoms with Gasteiger partial charge in [0.1, 0.15) is 5.60 Å². The summed E-state index contributed by atoms with van der Waals surface area (Å²) in [4.78, 5) is 15.6. The van der Waals surface area contributed by atoms with Crippen molar-refractivity contribution >= 4 is 12.2 Å². The Balaban J connectivity index is 2.69. The molecule has 72 valence electrons. The third-order valence-electron chi connectivity index (χ3n) is 1.66. The van der Waals surface area contributed by atoms with Crippen molar-refractivity contribution in [1.29, 1.82) is 0 Å². The smallest absolute Gasteiger partial charge is 0.338 e. The second-order valence-electron chi connectivity index (χ2n) is 4.29. The van der Waals surface area contributed by atoms with E-state index < -0.39 is 11.1 Å². The van der Waals surface area contributed by atoms with Gasteiger partial charge in [0.15, 0.2) is 5.54 Å². The van der Waals surface area contributed by atoms with E-state index in [4.69, 9.17) is 4.74 Å². The SMILES string of the molecule is CC(C)(C)OC(=O)C1(C)C=CC=N1. The lowest BCUT2D eigenvalue weighted by atomic mass is 10.0. The van der Waals surface area contributed by atoms with Crippen LogP contribution in [0.2, 0.25) is 0 Å². The highest BCUT2D eigenvalue weighted by Crippen LogP contribution is 2.21. The quantitative estimate of drug-likeness (QED) is 0.578. The van der Waals surface area contributed by atoms with Crippen LogP contribution in [-0.2, 0) is 9.53 Å². The van der Waals surface area contributed by atoms with Crippen molar-refractivity contribution in [2.24, 2.45) is 4.99 Å². The number of nitrogens with zero attached hydrogens (tertiary/aromatic N) is 1. The van der Waals surface area contributed by atoms with Gasteiger partial charge in [-0.05, 0) is 39.8 Å². The zero-order valence-corrected chi connectivity index (χ0v) is 8.50. The number of allylic oxidation sites excluding steroid dienone is 1. The molecule has 1 unspecified atom stereocenters. The van der Waals surface area contributed by atoms with Gasteiger partial charge in [-0.1, -0.05) is 0 Å². The van der Waals surface area contributed by atoms with Gasteiger partial charge in [0, 0.05) is 6.21 Å². The van der Waals surface area contributed by atoms with Crippen LogP contribution in [-0.4, -0.2) is 23.3 Å². The Kier molecular flexibility index (Phi) is 2.28. The maximum absolute atomic E-state index is 11.6. The molecule has 0 N–H and O–H groups in total. The molecule has 3 nitrogen and oxygen atoms in total. The predicted molar refractivity (Wildman–Crippen MR) is 51.9 cm³/mol. The number of hydrogen-bond acceptors (Lipinski definition) is 3. The molecule has 0 spiro atoms. The Labute approximate surface area is 78.5 Å². The zero-order valence-electron chi connectivity index (χ0n) is 8.50. The summed E-state index contributed by atoms with van der Waals surface area (Å²) in [7, 11) is 0. The minimum absolute atomic E-state index is 0.301. The van der Waals surface area contributed by atoms with E-state index in [1.165, 1.54) is 0 Å². The van der Waals surface area contributed by atoms with Crippen molar-refractivity contribution < 1.29 is 9.53 Å². The highest BCUT2D eigenvalue weighted by Gasteiger charge is 2.35. The highest BCUT2D eigenvalue weighted by atomic mass is 16.6. The Morgan fingerprint density at radius 1 is 1.46 bits per heavy atom. The van der Waals surface area contributed by atoms with Crippen molar-refractivity contribution in [3.8, 4) is 0 Å². The van der Waals surface area contributed by atoms with Gasteiger partial charge in [-0.3, -0.25) is 4.99 Å². The van der Waals surface area contributed by atoms with Crippen LogP contribution in [0.3, 0.4) is 0 Å². The van der Waals surface area contributed by atoms with Crippen molar-refractivity contribution in [3.05, 3.63) is 12.2 Å². The van der Waals surface area contributed by atoms with Crippen LogP contribution in [0.4, 0.5) is 0 Å². The summed E-state index contributed by atoms with van der Waals surface area (Å²) in [6.45, 7) is 7.27. The van der Waals surface area contributed by atoms with Crippen LogP contribution in [0.1, 0.15) is 27.7 Å². The van der Waals surface area contributed by atoms with Crippen molar-refractivity contribution in [2.75, 3.05) is 0 Å². The molecule has 0 fully saturated rings. The maximum Gasteiger partial charge on any atom is 0.338 e. The summed E-state index contributed by atoms with van der Waals surface area (Å²) in [5.41, 5.74) is -1.26. The molecule has 13 heavy (non-hydrogen) atoms. The molecule has 0 radical (unpaired) electrons. The maximum atomic E-state index is 11.6. The molecule has 0 saturated heterocycles. The standard InChI is InChI=1S/C10H15NO2/c1-9(2,3)13-8(12)10(4)6-5-7-11-10/h5-7H,1-4H3. The van der Waals surface area contributed by atoms with Gasteiger partial charge in [-0.25, -0.2) is 4.79 Å². The summed E-state index contributed by atoms with van der Waals surface area (Å²) in [6.07, 6.45) is 5.11. The number of carbonyl (C=O) groups is 1. The molecular weight excluding hydrogens is 166 g/mol. The third-order valence-corrected chi connectivity index (χ3v) is 1.66. The van der Waals surface area contributed by atoms with Gasteiger partial charge in [-0.15, -0.1) is 0 Å². The Morgan fingerprint density at radius 3 is 2.46 bits per heavy atom. The molecule has 1 aliphatic heterocycles. The Hall–Kier alpha value is -1.12. The Morgan fingerprint density at radius 2 is 2.08 bits per heavy atom. The zero-order chi connectivity index (χ0) is 10.1. The summed E-state index contributed by atoms with van der Waals surface area (Å²) < 4.78 is 5.22. The fourth-order valence-corrected chi connectivity index (χ4v) is 0.973. The normalized spacial score (nSPS) is 26.5. The van der Waals surface area contributed by atoms with Crippen LogP contribution in [0.15, 0.2) is 17.1 Å². The lowest BCUT2D eigenvalue weighted by molar-refractivity contribution is -0.158. The first-order valence-electron chi connectivity index (χ1n) is 4.30. The van der Waals surface area contributed by atoms with E-state index in [9.17, 15) is 4.79 Å². The third kappa shape index (κ3) is 2.41. The molecule has 0 aromatic carbocycles. The van der Waals surface area contributed by atoms with Gasteiger partial charge in [0.25, 0.3) is 0 Å². The molecule has 1 atom stereocenters. The Bertz CT molecular complexity index is 259. The molecule has 0 bridgehead atoms. The van der Waals surface area contributed by atoms with E-state index in [0.29, 0.717) is 0 Å². The lowest BCUT2D eigenvalue weighted by Crippen LogP contribution is -2.37. The van der Waals surface area contributed by atoms with E-state index >= 15 is 0 Å². The number of hydrogen-bond donors (Lipinski definition) is 0. The second kappa shape index (κ2) is 2.98. The van der Waals surface area contributed by atoms with E-state index in [2.05, 4.69) is 4.99 Å². The number of ether oxygens (including phenoxy) is 1. The first-order valence-corrected chi connectivity index (χ1v) is 4.30. The van der Waals surface area contributed by atoms with Gasteiger partial charge >= 0.3 is 5.97 Å². The van der Waals surface area contributed by atoms with Crippen molar-refractivity contribution in [3.63, 3.8) is 0 Å². The minimum Gasteiger partial charge on any atom is -0.458 e. The summed E-state index contributed by atoms with van der Waals surface area (Å²) in [6, 6.07) is 0. The fraction of sp³-hybridized carbons (Fsp3) is 0.600. The number of aliphatic imine (C=N–C) groups is 1. The molecule has 3 heteroatoms. The molecule has 1 rings (SSSR count). The predicted octanol–water partition coefficient (Wildman–Crippen LogP) is 1.73. The minimum atomic E-state index is -0.812. The van der Waals surface area contributed by atoms with E-state index in [0.717, 1.165) is 0 Å². The molecule has 1 aliphatic rings. The molecule has 1 heterocycles. The highest BCUT2D eigenvalue weighted by molar-refractivity contribution is 5.90. The average Bonchev–Trinajstić information content (AvgIpc) is 2.33. The van der Waals surface area contributed by atoms with E-state index in [1.807, 2.05) is 20.8 Å². The molecular formula is C10H15NO2. The monoisotopic (exact) mass is 181 g/mol. The number of rotatable bonds is 1. The van der Waals surface area contributed by atoms with Gasteiger partial charge in [0.05, 0.1) is 0 Å². The fourth-order valence-electron chi connectivity index (χ4n) is 0.973.